The van der Waals surface area contributed by atoms with Crippen LogP contribution in [0.1, 0.15) is 57.4 Å². The van der Waals surface area contributed by atoms with Gasteiger partial charge in [-0.05, 0) is 69.1 Å². The van der Waals surface area contributed by atoms with Crippen LogP contribution in [0.25, 0.3) is 10.9 Å². The number of pyridine rings is 1. The van der Waals surface area contributed by atoms with Crippen LogP contribution in [-0.4, -0.2) is 46.9 Å². The van der Waals surface area contributed by atoms with E-state index in [4.69, 9.17) is 21.7 Å². The number of aromatic nitrogens is 1. The first kappa shape index (κ1) is 22.1. The maximum Gasteiger partial charge on any atom is 0.253 e. The molecule has 0 spiro atoms. The molecule has 2 fully saturated rings. The summed E-state index contributed by atoms with van der Waals surface area (Å²) in [5.41, 5.74) is 1.49. The molecule has 6 nitrogen and oxygen atoms in total. The van der Waals surface area contributed by atoms with Crippen LogP contribution in [-0.2, 0) is 11.3 Å². The Hall–Kier alpha value is -2.12. The van der Waals surface area contributed by atoms with E-state index in [1.165, 1.54) is 19.3 Å². The number of hydrogen-bond donors (Lipinski definition) is 2. The summed E-state index contributed by atoms with van der Waals surface area (Å²) in [6.07, 6.45) is 8.34. The van der Waals surface area contributed by atoms with Gasteiger partial charge in [-0.1, -0.05) is 19.3 Å². The first-order valence-electron chi connectivity index (χ1n) is 11.6. The minimum absolute atomic E-state index is 0.0561. The minimum Gasteiger partial charge on any atom is -0.494 e. The smallest absolute Gasteiger partial charge is 0.253 e. The summed E-state index contributed by atoms with van der Waals surface area (Å²) in [4.78, 5) is 18.1. The maximum atomic E-state index is 12.9. The van der Waals surface area contributed by atoms with Gasteiger partial charge in [0, 0.05) is 35.7 Å². The molecule has 4 rings (SSSR count). The molecular formula is C24H33N3O3S. The summed E-state index contributed by atoms with van der Waals surface area (Å²) in [5.74, 6) is 0.811. The molecule has 0 amide bonds. The fraction of sp³-hybridized carbons (Fsp3) is 0.583. The van der Waals surface area contributed by atoms with Gasteiger partial charge in [-0.2, -0.15) is 0 Å². The molecule has 1 aromatic heterocycles. The van der Waals surface area contributed by atoms with Crippen LogP contribution in [0.5, 0.6) is 5.75 Å². The Bertz CT molecular complexity index is 949. The monoisotopic (exact) mass is 443 g/mol. The molecule has 1 aliphatic carbocycles. The lowest BCUT2D eigenvalue weighted by Crippen LogP contribution is -2.48. The SMILES string of the molecule is CCOc1ccc2[nH]c(=O)c(CN(C(=S)NC[C@@H]3CCCO3)C3CCCCC3)cc2c1. The molecule has 0 unspecified atom stereocenters. The zero-order valence-corrected chi connectivity index (χ0v) is 19.1. The van der Waals surface area contributed by atoms with E-state index in [2.05, 4.69) is 15.2 Å². The van der Waals surface area contributed by atoms with Gasteiger partial charge in [0.2, 0.25) is 0 Å². The molecule has 1 aromatic carbocycles. The second kappa shape index (κ2) is 10.5. The number of ether oxygens (including phenoxy) is 2. The molecule has 0 radical (unpaired) electrons. The van der Waals surface area contributed by atoms with E-state index in [-0.39, 0.29) is 11.7 Å². The van der Waals surface area contributed by atoms with Crippen molar-refractivity contribution in [2.45, 2.75) is 70.6 Å². The van der Waals surface area contributed by atoms with Crippen LogP contribution in [0, 0.1) is 0 Å². The standard InChI is InChI=1S/C24H33N3O3S/c1-2-29-20-10-11-22-17(14-20)13-18(23(28)26-22)16-27(19-7-4-3-5-8-19)24(31)25-15-21-9-6-12-30-21/h10-11,13-14,19,21H,2-9,12,15-16H2,1H3,(H,25,31)(H,26,28)/t21-/m0/s1. The van der Waals surface area contributed by atoms with Crippen molar-refractivity contribution >= 4 is 28.2 Å². The Labute approximate surface area is 189 Å². The molecule has 1 saturated carbocycles. The van der Waals surface area contributed by atoms with E-state index in [0.717, 1.165) is 66.2 Å². The highest BCUT2D eigenvalue weighted by Gasteiger charge is 2.25. The summed E-state index contributed by atoms with van der Waals surface area (Å²) in [6.45, 7) is 4.65. The highest BCUT2D eigenvalue weighted by molar-refractivity contribution is 7.80. The zero-order valence-electron chi connectivity index (χ0n) is 18.3. The number of aromatic amines is 1. The average Bonchev–Trinajstić information content (AvgIpc) is 3.31. The summed E-state index contributed by atoms with van der Waals surface area (Å²) < 4.78 is 11.4. The number of nitrogens with zero attached hydrogens (tertiary/aromatic N) is 1. The van der Waals surface area contributed by atoms with E-state index < -0.39 is 0 Å². The first-order chi connectivity index (χ1) is 15.1. The summed E-state index contributed by atoms with van der Waals surface area (Å²) >= 11 is 5.81. The second-order valence-electron chi connectivity index (χ2n) is 8.55. The van der Waals surface area contributed by atoms with Crippen molar-refractivity contribution in [3.63, 3.8) is 0 Å². The fourth-order valence-electron chi connectivity index (χ4n) is 4.65. The van der Waals surface area contributed by atoms with E-state index in [1.807, 2.05) is 31.2 Å². The summed E-state index contributed by atoms with van der Waals surface area (Å²) in [5, 5.41) is 5.13. The van der Waals surface area contributed by atoms with E-state index in [1.54, 1.807) is 0 Å². The Balaban J connectivity index is 1.55. The number of rotatable bonds is 7. The van der Waals surface area contributed by atoms with Crippen LogP contribution in [0.4, 0.5) is 0 Å². The van der Waals surface area contributed by atoms with Gasteiger partial charge in [-0.15, -0.1) is 0 Å². The highest BCUT2D eigenvalue weighted by atomic mass is 32.1. The van der Waals surface area contributed by atoms with Crippen molar-refractivity contribution < 1.29 is 9.47 Å². The Morgan fingerprint density at radius 3 is 2.81 bits per heavy atom. The third-order valence-electron chi connectivity index (χ3n) is 6.33. The molecule has 7 heteroatoms. The van der Waals surface area contributed by atoms with Gasteiger partial charge in [-0.3, -0.25) is 4.79 Å². The molecule has 31 heavy (non-hydrogen) atoms. The van der Waals surface area contributed by atoms with Gasteiger partial charge in [0.15, 0.2) is 5.11 Å². The predicted octanol–water partition coefficient (Wildman–Crippen LogP) is 4.12. The minimum atomic E-state index is -0.0561. The van der Waals surface area contributed by atoms with Gasteiger partial charge >= 0.3 is 0 Å². The number of nitrogens with one attached hydrogen (secondary N) is 2. The number of thiocarbonyl (C=S) groups is 1. The molecular weight excluding hydrogens is 410 g/mol. The Morgan fingerprint density at radius 1 is 1.23 bits per heavy atom. The third kappa shape index (κ3) is 5.57. The fourth-order valence-corrected chi connectivity index (χ4v) is 4.95. The van der Waals surface area contributed by atoms with Crippen molar-refractivity contribution in [2.75, 3.05) is 19.8 Å². The molecule has 2 aromatic rings. The topological polar surface area (TPSA) is 66.6 Å². The largest absolute Gasteiger partial charge is 0.494 e. The quantitative estimate of drug-likeness (QED) is 0.628. The molecule has 1 atom stereocenters. The molecule has 1 aliphatic heterocycles. The van der Waals surface area contributed by atoms with Crippen LogP contribution >= 0.6 is 12.2 Å². The third-order valence-corrected chi connectivity index (χ3v) is 6.70. The summed E-state index contributed by atoms with van der Waals surface area (Å²) in [7, 11) is 0. The maximum absolute atomic E-state index is 12.9. The molecule has 2 N–H and O–H groups in total. The van der Waals surface area contributed by atoms with Crippen molar-refractivity contribution in [2.24, 2.45) is 0 Å². The van der Waals surface area contributed by atoms with Crippen molar-refractivity contribution in [3.05, 3.63) is 40.2 Å². The number of benzene rings is 1. The normalized spacial score (nSPS) is 19.5. The van der Waals surface area contributed by atoms with Crippen molar-refractivity contribution in [1.82, 2.24) is 15.2 Å². The molecule has 2 aliphatic rings. The van der Waals surface area contributed by atoms with Crippen LogP contribution in [0.15, 0.2) is 29.1 Å². The second-order valence-corrected chi connectivity index (χ2v) is 8.93. The van der Waals surface area contributed by atoms with Crippen LogP contribution < -0.4 is 15.6 Å². The highest BCUT2D eigenvalue weighted by Crippen LogP contribution is 2.25. The van der Waals surface area contributed by atoms with Gasteiger partial charge < -0.3 is 24.7 Å². The average molecular weight is 444 g/mol. The van der Waals surface area contributed by atoms with Gasteiger partial charge in [0.25, 0.3) is 5.56 Å². The lowest BCUT2D eigenvalue weighted by atomic mass is 9.94. The summed E-state index contributed by atoms with van der Waals surface area (Å²) in [6, 6.07) is 8.12. The number of fused-ring (bicyclic) bond motifs is 1. The molecule has 1 saturated heterocycles. The predicted molar refractivity (Wildman–Crippen MR) is 128 cm³/mol. The molecule has 2 heterocycles. The van der Waals surface area contributed by atoms with E-state index in [0.29, 0.717) is 19.2 Å². The zero-order chi connectivity index (χ0) is 21.6. The number of hydrogen-bond acceptors (Lipinski definition) is 4. The molecule has 168 valence electrons. The lowest BCUT2D eigenvalue weighted by molar-refractivity contribution is 0.112. The Morgan fingerprint density at radius 2 is 2.06 bits per heavy atom. The Kier molecular flexibility index (Phi) is 7.45. The molecule has 0 bridgehead atoms. The van der Waals surface area contributed by atoms with Gasteiger partial charge in [0.1, 0.15) is 5.75 Å². The van der Waals surface area contributed by atoms with Crippen molar-refractivity contribution in [3.8, 4) is 5.75 Å². The van der Waals surface area contributed by atoms with E-state index in [9.17, 15) is 4.79 Å². The van der Waals surface area contributed by atoms with Crippen LogP contribution in [0.2, 0.25) is 0 Å². The van der Waals surface area contributed by atoms with Crippen molar-refractivity contribution in [1.29, 1.82) is 0 Å². The lowest BCUT2D eigenvalue weighted by Gasteiger charge is -2.36. The van der Waals surface area contributed by atoms with Crippen LogP contribution in [0.3, 0.4) is 0 Å². The van der Waals surface area contributed by atoms with E-state index >= 15 is 0 Å². The first-order valence-corrected chi connectivity index (χ1v) is 12.0. The number of H-pyrrole nitrogens is 1. The van der Waals surface area contributed by atoms with Gasteiger partial charge in [0.05, 0.1) is 19.3 Å². The van der Waals surface area contributed by atoms with Gasteiger partial charge in [-0.25, -0.2) is 0 Å².